The largest absolute Gasteiger partial charge is 0.481 e. The van der Waals surface area contributed by atoms with Crippen molar-refractivity contribution in [3.8, 4) is 11.4 Å². The van der Waals surface area contributed by atoms with Crippen molar-refractivity contribution in [2.24, 2.45) is 5.73 Å². The number of aromatic amines is 1. The SMILES string of the molecule is N=C(N)c1ccc(-c2nc3ncc(C(=O)NCCC(=O)O)nc3[nH]2)cc1. The number of hydrogen-bond acceptors (Lipinski definition) is 6. The summed E-state index contributed by atoms with van der Waals surface area (Å²) in [4.78, 5) is 38.0. The molecule has 2 aromatic heterocycles. The zero-order chi connectivity index (χ0) is 18.7. The Bertz CT molecular complexity index is 995. The molecule has 6 N–H and O–H groups in total. The molecule has 0 spiro atoms. The second-order valence-corrected chi connectivity index (χ2v) is 5.40. The molecule has 3 aromatic rings. The zero-order valence-electron chi connectivity index (χ0n) is 13.5. The topological polar surface area (TPSA) is 171 Å². The van der Waals surface area contributed by atoms with Crippen LogP contribution in [0.15, 0.2) is 30.5 Å². The lowest BCUT2D eigenvalue weighted by Crippen LogP contribution is -2.26. The molecular weight excluding hydrogens is 338 g/mol. The molecule has 1 aromatic carbocycles. The predicted octanol–water partition coefficient (Wildman–Crippen LogP) is 0.508. The minimum absolute atomic E-state index is 0.00457. The van der Waals surface area contributed by atoms with Crippen molar-refractivity contribution in [1.29, 1.82) is 5.41 Å². The monoisotopic (exact) mass is 353 g/mol. The summed E-state index contributed by atoms with van der Waals surface area (Å²) in [6, 6.07) is 6.92. The third-order valence-electron chi connectivity index (χ3n) is 3.53. The first-order valence-corrected chi connectivity index (χ1v) is 7.61. The fraction of sp³-hybridized carbons (Fsp3) is 0.125. The molecule has 3 rings (SSSR count). The van der Waals surface area contributed by atoms with Gasteiger partial charge in [-0.25, -0.2) is 15.0 Å². The van der Waals surface area contributed by atoms with Gasteiger partial charge in [0, 0.05) is 17.7 Å². The van der Waals surface area contributed by atoms with E-state index in [0.29, 0.717) is 22.7 Å². The van der Waals surface area contributed by atoms with Crippen molar-refractivity contribution in [3.63, 3.8) is 0 Å². The fourth-order valence-electron chi connectivity index (χ4n) is 2.22. The summed E-state index contributed by atoms with van der Waals surface area (Å²) in [5.74, 6) is -1.02. The van der Waals surface area contributed by atoms with Crippen LogP contribution in [0.25, 0.3) is 22.7 Å². The first-order valence-electron chi connectivity index (χ1n) is 7.61. The summed E-state index contributed by atoms with van der Waals surface area (Å²) in [6.45, 7) is 0.00457. The number of nitrogens with one attached hydrogen (secondary N) is 3. The summed E-state index contributed by atoms with van der Waals surface area (Å²) in [6.07, 6.45) is 1.10. The number of carbonyl (C=O) groups excluding carboxylic acids is 1. The maximum Gasteiger partial charge on any atom is 0.305 e. The van der Waals surface area contributed by atoms with Gasteiger partial charge in [-0.15, -0.1) is 0 Å². The number of H-pyrrole nitrogens is 1. The number of carboxylic acids is 1. The molecule has 0 fully saturated rings. The van der Waals surface area contributed by atoms with Crippen LogP contribution in [0.3, 0.4) is 0 Å². The van der Waals surface area contributed by atoms with Crippen LogP contribution in [0.1, 0.15) is 22.5 Å². The van der Waals surface area contributed by atoms with Crippen LogP contribution in [-0.4, -0.2) is 49.3 Å². The summed E-state index contributed by atoms with van der Waals surface area (Å²) in [7, 11) is 0. The van der Waals surface area contributed by atoms with Crippen molar-refractivity contribution in [3.05, 3.63) is 41.7 Å². The number of imidazole rings is 1. The van der Waals surface area contributed by atoms with Crippen LogP contribution >= 0.6 is 0 Å². The zero-order valence-corrected chi connectivity index (χ0v) is 13.5. The molecule has 0 aliphatic rings. The second kappa shape index (κ2) is 6.97. The van der Waals surface area contributed by atoms with E-state index in [2.05, 4.69) is 25.3 Å². The van der Waals surface area contributed by atoms with E-state index in [4.69, 9.17) is 16.2 Å². The van der Waals surface area contributed by atoms with Crippen molar-refractivity contribution >= 4 is 29.0 Å². The number of carboxylic acid groups (broad SMARTS) is 1. The lowest BCUT2D eigenvalue weighted by Gasteiger charge is -2.01. The number of nitrogen functional groups attached to an aromatic ring is 1. The Morgan fingerprint density at radius 2 is 1.96 bits per heavy atom. The van der Waals surface area contributed by atoms with Crippen molar-refractivity contribution in [2.45, 2.75) is 6.42 Å². The highest BCUT2D eigenvalue weighted by atomic mass is 16.4. The molecule has 132 valence electrons. The number of carbonyl (C=O) groups is 2. The van der Waals surface area contributed by atoms with E-state index >= 15 is 0 Å². The highest BCUT2D eigenvalue weighted by Crippen LogP contribution is 2.19. The van der Waals surface area contributed by atoms with Gasteiger partial charge < -0.3 is 21.1 Å². The van der Waals surface area contributed by atoms with E-state index in [0.717, 1.165) is 5.56 Å². The van der Waals surface area contributed by atoms with Gasteiger partial charge >= 0.3 is 5.97 Å². The lowest BCUT2D eigenvalue weighted by molar-refractivity contribution is -0.136. The number of aliphatic carboxylic acids is 1. The van der Waals surface area contributed by atoms with Gasteiger partial charge in [0.1, 0.15) is 17.4 Å². The summed E-state index contributed by atoms with van der Waals surface area (Å²) in [5, 5.41) is 18.4. The highest BCUT2D eigenvalue weighted by Gasteiger charge is 2.13. The fourth-order valence-corrected chi connectivity index (χ4v) is 2.22. The predicted molar refractivity (Wildman–Crippen MR) is 92.7 cm³/mol. The van der Waals surface area contributed by atoms with E-state index in [1.165, 1.54) is 6.20 Å². The van der Waals surface area contributed by atoms with Crippen LogP contribution in [-0.2, 0) is 4.79 Å². The van der Waals surface area contributed by atoms with Crippen LogP contribution in [0.5, 0.6) is 0 Å². The standard InChI is InChI=1S/C16H15N7O3/c17-12(18)8-1-3-9(4-2-8)13-22-14-15(23-13)21-10(7-20-14)16(26)19-6-5-11(24)25/h1-4,7H,5-6H2,(H3,17,18)(H,19,26)(H,24,25)(H,20,21,22,23). The van der Waals surface area contributed by atoms with Crippen molar-refractivity contribution in [2.75, 3.05) is 6.54 Å². The Morgan fingerprint density at radius 1 is 1.23 bits per heavy atom. The molecule has 0 bridgehead atoms. The van der Waals surface area contributed by atoms with Crippen LogP contribution in [0.2, 0.25) is 0 Å². The Labute approximate surface area is 147 Å². The van der Waals surface area contributed by atoms with Gasteiger partial charge in [0.05, 0.1) is 12.6 Å². The Morgan fingerprint density at radius 3 is 2.62 bits per heavy atom. The average Bonchev–Trinajstić information content (AvgIpc) is 3.04. The van der Waals surface area contributed by atoms with Gasteiger partial charge in [-0.1, -0.05) is 24.3 Å². The van der Waals surface area contributed by atoms with Crippen molar-refractivity contribution in [1.82, 2.24) is 25.3 Å². The van der Waals surface area contributed by atoms with E-state index in [-0.39, 0.29) is 24.5 Å². The third-order valence-corrected chi connectivity index (χ3v) is 3.53. The molecule has 0 saturated carbocycles. The molecule has 0 aliphatic heterocycles. The van der Waals surface area contributed by atoms with Gasteiger partial charge in [-0.2, -0.15) is 0 Å². The molecule has 0 unspecified atom stereocenters. The molecule has 2 heterocycles. The van der Waals surface area contributed by atoms with Gasteiger partial charge in [0.15, 0.2) is 11.3 Å². The lowest BCUT2D eigenvalue weighted by atomic mass is 10.1. The summed E-state index contributed by atoms with van der Waals surface area (Å²) in [5.41, 5.74) is 7.52. The molecular formula is C16H15N7O3. The highest BCUT2D eigenvalue weighted by molar-refractivity contribution is 5.95. The average molecular weight is 353 g/mol. The smallest absolute Gasteiger partial charge is 0.305 e. The number of benzene rings is 1. The number of amides is 1. The van der Waals surface area contributed by atoms with Crippen LogP contribution in [0.4, 0.5) is 0 Å². The van der Waals surface area contributed by atoms with Crippen molar-refractivity contribution < 1.29 is 14.7 Å². The summed E-state index contributed by atoms with van der Waals surface area (Å²) >= 11 is 0. The number of hydrogen-bond donors (Lipinski definition) is 5. The maximum atomic E-state index is 12.0. The first-order chi connectivity index (χ1) is 12.4. The number of nitrogens with zero attached hydrogens (tertiary/aromatic N) is 3. The van der Waals surface area contributed by atoms with Crippen LogP contribution in [0, 0.1) is 5.41 Å². The molecule has 1 amide bonds. The summed E-state index contributed by atoms with van der Waals surface area (Å²) < 4.78 is 0. The van der Waals surface area contributed by atoms with E-state index in [9.17, 15) is 9.59 Å². The van der Waals surface area contributed by atoms with E-state index < -0.39 is 11.9 Å². The van der Waals surface area contributed by atoms with Gasteiger partial charge in [-0.3, -0.25) is 15.0 Å². The first kappa shape index (κ1) is 17.0. The molecule has 0 atom stereocenters. The Hall–Kier alpha value is -3.82. The molecule has 10 heteroatoms. The number of amidine groups is 1. The Balaban J connectivity index is 1.81. The molecule has 0 saturated heterocycles. The molecule has 10 nitrogen and oxygen atoms in total. The van der Waals surface area contributed by atoms with Gasteiger partial charge in [0.25, 0.3) is 5.91 Å². The quantitative estimate of drug-likeness (QED) is 0.317. The van der Waals surface area contributed by atoms with E-state index in [1.54, 1.807) is 24.3 Å². The maximum absolute atomic E-state index is 12.0. The number of nitrogens with two attached hydrogens (primary N) is 1. The Kier molecular flexibility index (Phi) is 4.56. The molecule has 0 aliphatic carbocycles. The van der Waals surface area contributed by atoms with Gasteiger partial charge in [0.2, 0.25) is 0 Å². The van der Waals surface area contributed by atoms with E-state index in [1.807, 2.05) is 0 Å². The van der Waals surface area contributed by atoms with Crippen LogP contribution < -0.4 is 11.1 Å². The second-order valence-electron chi connectivity index (χ2n) is 5.40. The van der Waals surface area contributed by atoms with Gasteiger partial charge in [-0.05, 0) is 0 Å². The number of aromatic nitrogens is 4. The number of rotatable bonds is 6. The molecule has 26 heavy (non-hydrogen) atoms. The normalized spacial score (nSPS) is 10.6. The molecule has 0 radical (unpaired) electrons. The minimum atomic E-state index is -0.999. The minimum Gasteiger partial charge on any atom is -0.481 e. The number of fused-ring (bicyclic) bond motifs is 1. The third kappa shape index (κ3) is 3.64.